The summed E-state index contributed by atoms with van der Waals surface area (Å²) in [6.45, 7) is 1.18. The summed E-state index contributed by atoms with van der Waals surface area (Å²) in [7, 11) is -1.56. The number of methoxy groups -OCH3 is 1. The Kier molecular flexibility index (Phi) is 4.49. The highest BCUT2D eigenvalue weighted by Gasteiger charge is 2.36. The lowest BCUT2D eigenvalue weighted by Crippen LogP contribution is -2.38. The van der Waals surface area contributed by atoms with E-state index < -0.39 is 9.84 Å². The second-order valence-electron chi connectivity index (χ2n) is 7.78. The van der Waals surface area contributed by atoms with E-state index in [4.69, 9.17) is 9.26 Å². The fraction of sp³-hybridized carbons (Fsp3) is 0.474. The van der Waals surface area contributed by atoms with E-state index in [0.717, 1.165) is 29.3 Å². The van der Waals surface area contributed by atoms with Gasteiger partial charge in [0.15, 0.2) is 9.84 Å². The van der Waals surface area contributed by atoms with Crippen molar-refractivity contribution < 1.29 is 22.5 Å². The molecule has 0 spiro atoms. The van der Waals surface area contributed by atoms with E-state index in [0.29, 0.717) is 24.8 Å². The SMILES string of the molecule is COC(=O)N1CCC(c2nc(-c3ccc4cnn(C5CS(=O)(=O)C5)c4c3)no2)CC1. The number of carbonyl (C=O) groups excluding carboxylic acids is 1. The molecule has 1 aromatic carbocycles. The van der Waals surface area contributed by atoms with Crippen molar-refractivity contribution in [1.29, 1.82) is 0 Å². The lowest BCUT2D eigenvalue weighted by molar-refractivity contribution is 0.109. The number of nitrogens with zero attached hydrogens (tertiary/aromatic N) is 5. The maximum Gasteiger partial charge on any atom is 0.409 e. The zero-order chi connectivity index (χ0) is 20.9. The van der Waals surface area contributed by atoms with Gasteiger partial charge in [0.25, 0.3) is 0 Å². The van der Waals surface area contributed by atoms with Gasteiger partial charge in [0.05, 0.1) is 36.4 Å². The Morgan fingerprint density at radius 2 is 2.00 bits per heavy atom. The predicted octanol–water partition coefficient (Wildman–Crippen LogP) is 2.00. The number of fused-ring (bicyclic) bond motifs is 1. The quantitative estimate of drug-likeness (QED) is 0.617. The number of hydrogen-bond acceptors (Lipinski definition) is 8. The third kappa shape index (κ3) is 3.32. The molecule has 0 aliphatic carbocycles. The van der Waals surface area contributed by atoms with Crippen molar-refractivity contribution in [2.24, 2.45) is 0 Å². The fourth-order valence-electron chi connectivity index (χ4n) is 4.10. The second-order valence-corrected chi connectivity index (χ2v) is 9.93. The van der Waals surface area contributed by atoms with Crippen LogP contribution < -0.4 is 0 Å². The largest absolute Gasteiger partial charge is 0.453 e. The van der Waals surface area contributed by atoms with Gasteiger partial charge in [-0.2, -0.15) is 10.1 Å². The van der Waals surface area contributed by atoms with Crippen LogP contribution in [0.15, 0.2) is 28.9 Å². The molecular formula is C19H21N5O5S. The van der Waals surface area contributed by atoms with Crippen LogP contribution in [0.4, 0.5) is 4.79 Å². The van der Waals surface area contributed by atoms with E-state index in [1.54, 1.807) is 15.8 Å². The molecular weight excluding hydrogens is 410 g/mol. The summed E-state index contributed by atoms with van der Waals surface area (Å²) >= 11 is 0. The molecule has 0 atom stereocenters. The van der Waals surface area contributed by atoms with E-state index >= 15 is 0 Å². The van der Waals surface area contributed by atoms with Crippen LogP contribution in [0.3, 0.4) is 0 Å². The molecule has 2 aromatic heterocycles. The lowest BCUT2D eigenvalue weighted by atomic mass is 9.97. The third-order valence-corrected chi connectivity index (χ3v) is 7.60. The Labute approximate surface area is 172 Å². The van der Waals surface area contributed by atoms with Gasteiger partial charge in [-0.1, -0.05) is 17.3 Å². The number of ether oxygens (including phenoxy) is 1. The van der Waals surface area contributed by atoms with E-state index in [1.165, 1.54) is 7.11 Å². The highest BCUT2D eigenvalue weighted by molar-refractivity contribution is 7.92. The number of carbonyl (C=O) groups is 1. The Hall–Kier alpha value is -2.95. The maximum absolute atomic E-state index is 11.6. The number of piperidine rings is 1. The average molecular weight is 431 g/mol. The first kappa shape index (κ1) is 19.0. The molecule has 0 N–H and O–H groups in total. The molecule has 0 unspecified atom stereocenters. The van der Waals surface area contributed by atoms with Crippen LogP contribution in [-0.4, -0.2) is 71.0 Å². The van der Waals surface area contributed by atoms with E-state index in [2.05, 4.69) is 15.2 Å². The minimum atomic E-state index is -2.94. The average Bonchev–Trinajstić information content (AvgIpc) is 3.38. The number of sulfone groups is 1. The van der Waals surface area contributed by atoms with Crippen molar-refractivity contribution in [3.8, 4) is 11.4 Å². The summed E-state index contributed by atoms with van der Waals surface area (Å²) in [6.07, 6.45) is 2.89. The van der Waals surface area contributed by atoms with Crippen molar-refractivity contribution >= 4 is 26.8 Å². The zero-order valence-electron chi connectivity index (χ0n) is 16.4. The van der Waals surface area contributed by atoms with Crippen LogP contribution >= 0.6 is 0 Å². The minimum absolute atomic E-state index is 0.0987. The Morgan fingerprint density at radius 3 is 2.70 bits per heavy atom. The predicted molar refractivity (Wildman–Crippen MR) is 107 cm³/mol. The maximum atomic E-state index is 11.6. The van der Waals surface area contributed by atoms with Crippen molar-refractivity contribution in [2.45, 2.75) is 24.8 Å². The fourth-order valence-corrected chi connectivity index (χ4v) is 5.46. The number of benzene rings is 1. The van der Waals surface area contributed by atoms with E-state index in [-0.39, 0.29) is 29.6 Å². The van der Waals surface area contributed by atoms with Crippen molar-refractivity contribution in [2.75, 3.05) is 31.7 Å². The van der Waals surface area contributed by atoms with Gasteiger partial charge >= 0.3 is 6.09 Å². The molecule has 11 heteroatoms. The van der Waals surface area contributed by atoms with Crippen LogP contribution in [0.1, 0.15) is 30.7 Å². The number of hydrogen-bond donors (Lipinski definition) is 0. The molecule has 2 aliphatic heterocycles. The first-order valence-electron chi connectivity index (χ1n) is 9.78. The van der Waals surface area contributed by atoms with E-state index in [9.17, 15) is 13.2 Å². The first-order valence-corrected chi connectivity index (χ1v) is 11.6. The molecule has 158 valence electrons. The van der Waals surface area contributed by atoms with Crippen LogP contribution in [0.5, 0.6) is 0 Å². The first-order chi connectivity index (χ1) is 14.4. The molecule has 2 aliphatic rings. The van der Waals surface area contributed by atoms with Crippen molar-refractivity contribution in [1.82, 2.24) is 24.8 Å². The van der Waals surface area contributed by atoms with Gasteiger partial charge in [-0.15, -0.1) is 0 Å². The summed E-state index contributed by atoms with van der Waals surface area (Å²) in [5, 5.41) is 9.44. The molecule has 0 saturated carbocycles. The van der Waals surface area contributed by atoms with E-state index in [1.807, 2.05) is 18.2 Å². The summed E-state index contributed by atoms with van der Waals surface area (Å²) in [5.74, 6) is 1.38. The number of likely N-dealkylation sites (tertiary alicyclic amines) is 1. The van der Waals surface area contributed by atoms with Gasteiger partial charge < -0.3 is 14.2 Å². The number of amides is 1. The van der Waals surface area contributed by atoms with Gasteiger partial charge in [0.1, 0.15) is 0 Å². The molecule has 0 bridgehead atoms. The van der Waals surface area contributed by atoms with Gasteiger partial charge in [0, 0.05) is 30.0 Å². The minimum Gasteiger partial charge on any atom is -0.453 e. The monoisotopic (exact) mass is 431 g/mol. The van der Waals surface area contributed by atoms with Crippen LogP contribution in [0, 0.1) is 0 Å². The summed E-state index contributed by atoms with van der Waals surface area (Å²) in [5.41, 5.74) is 1.64. The van der Waals surface area contributed by atoms with Gasteiger partial charge in [-0.05, 0) is 18.9 Å². The highest BCUT2D eigenvalue weighted by atomic mass is 32.2. The topological polar surface area (TPSA) is 120 Å². The van der Waals surface area contributed by atoms with Crippen molar-refractivity contribution in [3.63, 3.8) is 0 Å². The molecule has 2 saturated heterocycles. The Morgan fingerprint density at radius 1 is 1.23 bits per heavy atom. The highest BCUT2D eigenvalue weighted by Crippen LogP contribution is 2.31. The van der Waals surface area contributed by atoms with Gasteiger partial charge in [-0.3, -0.25) is 4.68 Å². The molecule has 2 fully saturated rings. The van der Waals surface area contributed by atoms with Crippen molar-refractivity contribution in [3.05, 3.63) is 30.3 Å². The van der Waals surface area contributed by atoms with Crippen LogP contribution in [0.25, 0.3) is 22.3 Å². The summed E-state index contributed by atoms with van der Waals surface area (Å²) < 4.78 is 35.1. The Balaban J connectivity index is 1.35. The number of rotatable bonds is 3. The standard InChI is InChI=1S/C19H21N5O5S/c1-28-19(25)23-6-4-12(5-7-23)18-21-17(22-29-18)13-2-3-14-9-20-24(16(14)8-13)15-10-30(26,27)11-15/h2-3,8-9,12,15H,4-7,10-11H2,1H3. The normalized spacial score (nSPS) is 19.7. The molecule has 4 heterocycles. The van der Waals surface area contributed by atoms with Gasteiger partial charge in [-0.25, -0.2) is 13.2 Å². The lowest BCUT2D eigenvalue weighted by Gasteiger charge is -2.28. The molecule has 30 heavy (non-hydrogen) atoms. The second kappa shape index (κ2) is 7.08. The molecule has 3 aromatic rings. The molecule has 10 nitrogen and oxygen atoms in total. The zero-order valence-corrected chi connectivity index (χ0v) is 17.2. The number of aromatic nitrogens is 4. The van der Waals surface area contributed by atoms with Crippen LogP contribution in [0.2, 0.25) is 0 Å². The summed E-state index contributed by atoms with van der Waals surface area (Å²) in [4.78, 5) is 17.9. The third-order valence-electron chi connectivity index (χ3n) is 5.81. The smallest absolute Gasteiger partial charge is 0.409 e. The molecule has 0 radical (unpaired) electrons. The molecule has 1 amide bonds. The molecule has 5 rings (SSSR count). The van der Waals surface area contributed by atoms with Gasteiger partial charge in [0.2, 0.25) is 11.7 Å². The van der Waals surface area contributed by atoms with Crippen LogP contribution in [-0.2, 0) is 14.6 Å². The summed E-state index contributed by atoms with van der Waals surface area (Å²) in [6, 6.07) is 5.61. The Bertz CT molecular complexity index is 1200.